The summed E-state index contributed by atoms with van der Waals surface area (Å²) < 4.78 is 0. The number of halogens is 1. The maximum atomic E-state index is 12.4. The van der Waals surface area contributed by atoms with Crippen molar-refractivity contribution in [2.45, 2.75) is 24.5 Å². The minimum absolute atomic E-state index is 0.0514. The van der Waals surface area contributed by atoms with Crippen LogP contribution in [-0.4, -0.2) is 21.2 Å². The van der Waals surface area contributed by atoms with Crippen molar-refractivity contribution in [3.8, 4) is 0 Å². The van der Waals surface area contributed by atoms with Crippen LogP contribution in [0.5, 0.6) is 0 Å². The zero-order valence-electron chi connectivity index (χ0n) is 12.3. The van der Waals surface area contributed by atoms with E-state index in [1.807, 2.05) is 44.2 Å². The molecule has 1 aliphatic heterocycles. The number of amides is 1. The van der Waals surface area contributed by atoms with Crippen LogP contribution < -0.4 is 5.43 Å². The number of nitrogens with one attached hydrogen (secondary N) is 1. The summed E-state index contributed by atoms with van der Waals surface area (Å²) in [6, 6.07) is 9.54. The fraction of sp³-hybridized carbons (Fsp3) is 0.250. The average Bonchev–Trinajstić information content (AvgIpc) is 2.80. The molecule has 3 rings (SSSR count). The molecule has 1 fully saturated rings. The maximum Gasteiger partial charge on any atom is 0.255 e. The highest BCUT2D eigenvalue weighted by Gasteiger charge is 2.39. The molecule has 1 aromatic carbocycles. The summed E-state index contributed by atoms with van der Waals surface area (Å²) in [7, 11) is 0. The van der Waals surface area contributed by atoms with Gasteiger partial charge < -0.3 is 0 Å². The van der Waals surface area contributed by atoms with Gasteiger partial charge in [0.05, 0.1) is 10.9 Å². The number of rotatable bonds is 3. The molecule has 1 amide bonds. The fourth-order valence-corrected chi connectivity index (χ4v) is 3.66. The van der Waals surface area contributed by atoms with E-state index in [0.717, 1.165) is 16.8 Å². The molecule has 114 valence electrons. The van der Waals surface area contributed by atoms with Crippen molar-refractivity contribution in [2.75, 3.05) is 5.43 Å². The number of carbonyl (C=O) groups excluding carboxylic acids is 1. The molecule has 4 nitrogen and oxygen atoms in total. The lowest BCUT2D eigenvalue weighted by molar-refractivity contribution is -0.128. The number of thioether (sulfide) groups is 1. The van der Waals surface area contributed by atoms with Crippen LogP contribution in [0.3, 0.4) is 0 Å². The molecule has 1 aliphatic rings. The van der Waals surface area contributed by atoms with E-state index in [0.29, 0.717) is 5.02 Å². The largest absolute Gasteiger partial charge is 0.295 e. The van der Waals surface area contributed by atoms with E-state index in [1.165, 1.54) is 0 Å². The third-order valence-electron chi connectivity index (χ3n) is 3.54. The maximum absolute atomic E-state index is 12.4. The lowest BCUT2D eigenvalue weighted by atomic mass is 10.2. The van der Waals surface area contributed by atoms with Crippen LogP contribution in [0.2, 0.25) is 5.02 Å². The molecule has 0 spiro atoms. The number of hydrazine groups is 1. The standard InChI is InChI=1S/C16H16ClN3OS/c1-10-5-6-13(8-14(10)17)19-20-15(21)11(2)22-16(20)12-4-3-7-18-9-12/h3-9,11,16,19H,1-2H3. The van der Waals surface area contributed by atoms with Gasteiger partial charge in [0, 0.05) is 23.0 Å². The van der Waals surface area contributed by atoms with Crippen LogP contribution in [0.1, 0.15) is 23.4 Å². The molecule has 1 N–H and O–H groups in total. The van der Waals surface area contributed by atoms with Gasteiger partial charge in [-0.2, -0.15) is 0 Å². The molecule has 0 bridgehead atoms. The predicted molar refractivity (Wildman–Crippen MR) is 90.7 cm³/mol. The molecular weight excluding hydrogens is 318 g/mol. The Morgan fingerprint density at radius 3 is 2.86 bits per heavy atom. The van der Waals surface area contributed by atoms with E-state index in [9.17, 15) is 4.79 Å². The van der Waals surface area contributed by atoms with E-state index < -0.39 is 0 Å². The average molecular weight is 334 g/mol. The molecule has 2 heterocycles. The summed E-state index contributed by atoms with van der Waals surface area (Å²) in [6.07, 6.45) is 3.52. The number of aromatic nitrogens is 1. The van der Waals surface area contributed by atoms with Crippen LogP contribution in [-0.2, 0) is 4.79 Å². The number of hydrogen-bond donors (Lipinski definition) is 1. The van der Waals surface area contributed by atoms with Crippen molar-refractivity contribution >= 4 is 35.0 Å². The van der Waals surface area contributed by atoms with Gasteiger partial charge in [0.15, 0.2) is 0 Å². The highest BCUT2D eigenvalue weighted by atomic mass is 35.5. The van der Waals surface area contributed by atoms with E-state index >= 15 is 0 Å². The van der Waals surface area contributed by atoms with Crippen LogP contribution >= 0.6 is 23.4 Å². The topological polar surface area (TPSA) is 45.2 Å². The predicted octanol–water partition coefficient (Wildman–Crippen LogP) is 4.03. The van der Waals surface area contributed by atoms with Crippen molar-refractivity contribution in [1.29, 1.82) is 0 Å². The van der Waals surface area contributed by atoms with Crippen molar-refractivity contribution in [3.05, 3.63) is 58.9 Å². The van der Waals surface area contributed by atoms with E-state index in [-0.39, 0.29) is 16.5 Å². The normalized spacial score (nSPS) is 21.2. The van der Waals surface area contributed by atoms with Crippen molar-refractivity contribution in [3.63, 3.8) is 0 Å². The summed E-state index contributed by atoms with van der Waals surface area (Å²) in [4.78, 5) is 16.6. The molecule has 2 atom stereocenters. The first-order valence-electron chi connectivity index (χ1n) is 6.97. The first kappa shape index (κ1) is 15.2. The Kier molecular flexibility index (Phi) is 4.27. The van der Waals surface area contributed by atoms with E-state index in [2.05, 4.69) is 10.4 Å². The van der Waals surface area contributed by atoms with Crippen LogP contribution in [0, 0.1) is 6.92 Å². The smallest absolute Gasteiger partial charge is 0.255 e. The lowest BCUT2D eigenvalue weighted by Crippen LogP contribution is -2.35. The first-order valence-corrected chi connectivity index (χ1v) is 8.29. The molecule has 1 aromatic heterocycles. The Balaban J connectivity index is 1.88. The number of nitrogens with zero attached hydrogens (tertiary/aromatic N) is 2. The SMILES string of the molecule is Cc1ccc(NN2C(=O)C(C)SC2c2cccnc2)cc1Cl. The summed E-state index contributed by atoms with van der Waals surface area (Å²) >= 11 is 7.76. The van der Waals surface area contributed by atoms with Gasteiger partial charge in [-0.15, -0.1) is 11.8 Å². The third kappa shape index (κ3) is 2.91. The van der Waals surface area contributed by atoms with Gasteiger partial charge >= 0.3 is 0 Å². The number of benzene rings is 1. The monoisotopic (exact) mass is 333 g/mol. The number of anilines is 1. The van der Waals surface area contributed by atoms with Gasteiger partial charge in [-0.3, -0.25) is 15.2 Å². The molecule has 0 radical (unpaired) electrons. The lowest BCUT2D eigenvalue weighted by Gasteiger charge is -2.25. The molecule has 0 aliphatic carbocycles. The van der Waals surface area contributed by atoms with Gasteiger partial charge in [0.1, 0.15) is 5.37 Å². The zero-order chi connectivity index (χ0) is 15.7. The Hall–Kier alpha value is -1.72. The second-order valence-electron chi connectivity index (χ2n) is 5.20. The van der Waals surface area contributed by atoms with Crippen molar-refractivity contribution < 1.29 is 4.79 Å². The van der Waals surface area contributed by atoms with Crippen molar-refractivity contribution in [1.82, 2.24) is 9.99 Å². The van der Waals surface area contributed by atoms with Crippen LogP contribution in [0.15, 0.2) is 42.7 Å². The minimum atomic E-state index is -0.101. The van der Waals surface area contributed by atoms with Gasteiger partial charge in [-0.05, 0) is 37.6 Å². The Labute approximate surface area is 138 Å². The molecular formula is C16H16ClN3OS. The summed E-state index contributed by atoms with van der Waals surface area (Å²) in [5.41, 5.74) is 5.99. The van der Waals surface area contributed by atoms with Crippen molar-refractivity contribution in [2.24, 2.45) is 0 Å². The highest BCUT2D eigenvalue weighted by molar-refractivity contribution is 8.01. The summed E-state index contributed by atoms with van der Waals surface area (Å²) in [5.74, 6) is 0.0514. The van der Waals surface area contributed by atoms with Crippen LogP contribution in [0.25, 0.3) is 0 Å². The Morgan fingerprint density at radius 2 is 2.18 bits per heavy atom. The molecule has 22 heavy (non-hydrogen) atoms. The number of hydrogen-bond acceptors (Lipinski definition) is 4. The van der Waals surface area contributed by atoms with E-state index in [4.69, 9.17) is 11.6 Å². The zero-order valence-corrected chi connectivity index (χ0v) is 13.9. The summed E-state index contributed by atoms with van der Waals surface area (Å²) in [6.45, 7) is 3.86. The number of pyridine rings is 1. The van der Waals surface area contributed by atoms with Gasteiger partial charge in [-0.25, -0.2) is 5.01 Å². The third-order valence-corrected chi connectivity index (χ3v) is 5.30. The van der Waals surface area contributed by atoms with E-state index in [1.54, 1.807) is 29.2 Å². The molecule has 2 unspecified atom stereocenters. The summed E-state index contributed by atoms with van der Waals surface area (Å²) in [5, 5.41) is 2.14. The Bertz CT molecular complexity index is 695. The molecule has 2 aromatic rings. The molecule has 1 saturated heterocycles. The minimum Gasteiger partial charge on any atom is -0.295 e. The Morgan fingerprint density at radius 1 is 1.36 bits per heavy atom. The fourth-order valence-electron chi connectivity index (χ4n) is 2.29. The number of carbonyl (C=O) groups is 1. The van der Waals surface area contributed by atoms with Gasteiger partial charge in [-0.1, -0.05) is 23.7 Å². The van der Waals surface area contributed by atoms with Crippen LogP contribution in [0.4, 0.5) is 5.69 Å². The van der Waals surface area contributed by atoms with Gasteiger partial charge in [0.2, 0.25) is 0 Å². The second kappa shape index (κ2) is 6.18. The second-order valence-corrected chi connectivity index (χ2v) is 7.03. The van der Waals surface area contributed by atoms with Gasteiger partial charge in [0.25, 0.3) is 5.91 Å². The highest BCUT2D eigenvalue weighted by Crippen LogP contribution is 2.42. The molecule has 0 saturated carbocycles. The quantitative estimate of drug-likeness (QED) is 0.921. The first-order chi connectivity index (χ1) is 10.6. The molecule has 6 heteroatoms. The number of aryl methyl sites for hydroxylation is 1.